The first kappa shape index (κ1) is 12.0. The number of aromatic amines is 1. The minimum Gasteiger partial charge on any atom is -0.341 e. The zero-order valence-electron chi connectivity index (χ0n) is 9.95. The van der Waals surface area contributed by atoms with Crippen molar-refractivity contribution < 1.29 is 0 Å². The predicted molar refractivity (Wildman–Crippen MR) is 70.6 cm³/mol. The number of rotatable bonds is 4. The van der Waals surface area contributed by atoms with Gasteiger partial charge in [0, 0.05) is 12.4 Å². The fourth-order valence-corrected chi connectivity index (χ4v) is 2.33. The van der Waals surface area contributed by atoms with E-state index >= 15 is 0 Å². The second kappa shape index (κ2) is 5.29. The zero-order valence-corrected chi connectivity index (χ0v) is 10.8. The van der Waals surface area contributed by atoms with Crippen LogP contribution in [-0.2, 0) is 6.42 Å². The molecule has 0 radical (unpaired) electrons. The van der Waals surface area contributed by atoms with Gasteiger partial charge in [-0.1, -0.05) is 0 Å². The highest BCUT2D eigenvalue weighted by Gasteiger charge is 2.09. The van der Waals surface area contributed by atoms with Crippen molar-refractivity contribution in [1.29, 1.82) is 0 Å². The van der Waals surface area contributed by atoms with E-state index in [1.807, 2.05) is 0 Å². The Bertz CT molecular complexity index is 679. The van der Waals surface area contributed by atoms with Gasteiger partial charge in [0.05, 0.1) is 6.33 Å². The molecule has 0 atom stereocenters. The molecule has 0 aliphatic carbocycles. The van der Waals surface area contributed by atoms with E-state index in [2.05, 4.69) is 29.9 Å². The fourth-order valence-electron chi connectivity index (χ4n) is 1.60. The quantitative estimate of drug-likeness (QED) is 0.534. The smallest absolute Gasteiger partial charge is 0.193 e. The molecule has 7 nitrogen and oxygen atoms in total. The van der Waals surface area contributed by atoms with Crippen molar-refractivity contribution in [2.24, 2.45) is 5.73 Å². The molecule has 0 bridgehead atoms. The van der Waals surface area contributed by atoms with Crippen LogP contribution in [0, 0.1) is 0 Å². The number of H-pyrrole nitrogens is 1. The van der Waals surface area contributed by atoms with E-state index < -0.39 is 0 Å². The fraction of sp³-hybridized carbons (Fsp3) is 0.182. The van der Waals surface area contributed by atoms with Crippen molar-refractivity contribution >= 4 is 22.9 Å². The number of nitrogens with zero attached hydrogens (tertiary/aromatic N) is 5. The molecule has 0 saturated heterocycles. The molecule has 0 fully saturated rings. The third-order valence-electron chi connectivity index (χ3n) is 2.49. The van der Waals surface area contributed by atoms with Crippen molar-refractivity contribution in [3.8, 4) is 0 Å². The molecular formula is C11H11N7S. The van der Waals surface area contributed by atoms with Crippen molar-refractivity contribution in [1.82, 2.24) is 29.9 Å². The summed E-state index contributed by atoms with van der Waals surface area (Å²) >= 11 is 1.37. The third-order valence-corrected chi connectivity index (χ3v) is 3.39. The Morgan fingerprint density at radius 1 is 1.11 bits per heavy atom. The van der Waals surface area contributed by atoms with Gasteiger partial charge in [0.2, 0.25) is 0 Å². The van der Waals surface area contributed by atoms with Crippen LogP contribution in [0.2, 0.25) is 0 Å². The van der Waals surface area contributed by atoms with Crippen LogP contribution in [0.15, 0.2) is 35.2 Å². The molecule has 0 saturated carbocycles. The van der Waals surface area contributed by atoms with Gasteiger partial charge in [-0.3, -0.25) is 0 Å². The number of nitrogens with one attached hydrogen (secondary N) is 1. The van der Waals surface area contributed by atoms with Crippen LogP contribution < -0.4 is 5.73 Å². The average Bonchev–Trinajstić information content (AvgIpc) is 2.91. The van der Waals surface area contributed by atoms with E-state index in [1.54, 1.807) is 18.7 Å². The summed E-state index contributed by atoms with van der Waals surface area (Å²) in [6.07, 6.45) is 7.42. The lowest BCUT2D eigenvalue weighted by atomic mass is 10.2. The lowest BCUT2D eigenvalue weighted by molar-refractivity contribution is 0.889. The van der Waals surface area contributed by atoms with Gasteiger partial charge < -0.3 is 10.7 Å². The summed E-state index contributed by atoms with van der Waals surface area (Å²) in [4.78, 5) is 23.9. The molecule has 3 heterocycles. The van der Waals surface area contributed by atoms with Gasteiger partial charge in [-0.25, -0.2) is 24.9 Å². The number of aromatic nitrogens is 6. The van der Waals surface area contributed by atoms with Crippen LogP contribution in [0.4, 0.5) is 0 Å². The molecule has 0 spiro atoms. The van der Waals surface area contributed by atoms with Crippen molar-refractivity contribution in [2.45, 2.75) is 16.6 Å². The molecule has 3 rings (SSSR count). The first-order valence-corrected chi connectivity index (χ1v) is 6.51. The Morgan fingerprint density at radius 2 is 1.95 bits per heavy atom. The van der Waals surface area contributed by atoms with E-state index in [4.69, 9.17) is 5.73 Å². The molecule has 0 aliphatic rings. The Kier molecular flexibility index (Phi) is 3.34. The van der Waals surface area contributed by atoms with Gasteiger partial charge in [0.15, 0.2) is 10.8 Å². The Balaban J connectivity index is 1.86. The first-order valence-electron chi connectivity index (χ1n) is 5.70. The van der Waals surface area contributed by atoms with Crippen LogP contribution in [0.3, 0.4) is 0 Å². The van der Waals surface area contributed by atoms with E-state index in [9.17, 15) is 0 Å². The number of fused-ring (bicyclic) bond motifs is 1. The first-order chi connectivity index (χ1) is 9.36. The standard InChI is InChI=1S/C11H11N7S/c12-2-1-7-3-13-11(14-4-7)19-10-8-9(16-5-15-8)17-6-18-10/h3-6H,1-2,12H2,(H,15,16,17,18). The van der Waals surface area contributed by atoms with Gasteiger partial charge in [0.25, 0.3) is 0 Å². The molecule has 0 unspecified atom stereocenters. The molecule has 0 amide bonds. The summed E-state index contributed by atoms with van der Waals surface area (Å²) in [5, 5.41) is 1.39. The van der Waals surface area contributed by atoms with E-state index in [0.717, 1.165) is 22.5 Å². The van der Waals surface area contributed by atoms with Gasteiger partial charge in [-0.15, -0.1) is 0 Å². The number of imidazole rings is 1. The Morgan fingerprint density at radius 3 is 2.74 bits per heavy atom. The van der Waals surface area contributed by atoms with Crippen LogP contribution in [0.25, 0.3) is 11.2 Å². The molecule has 0 aliphatic heterocycles. The number of nitrogens with two attached hydrogens (primary N) is 1. The molecule has 0 aromatic carbocycles. The van der Waals surface area contributed by atoms with Gasteiger partial charge in [0.1, 0.15) is 16.9 Å². The van der Waals surface area contributed by atoms with Gasteiger partial charge in [-0.2, -0.15) is 0 Å². The summed E-state index contributed by atoms with van der Waals surface area (Å²) in [6.45, 7) is 0.594. The third kappa shape index (κ3) is 2.54. The summed E-state index contributed by atoms with van der Waals surface area (Å²) in [6, 6.07) is 0. The topological polar surface area (TPSA) is 106 Å². The molecular weight excluding hydrogens is 262 g/mol. The zero-order chi connectivity index (χ0) is 13.1. The van der Waals surface area contributed by atoms with Crippen molar-refractivity contribution in [2.75, 3.05) is 6.54 Å². The molecule has 96 valence electrons. The molecule has 3 aromatic rings. The van der Waals surface area contributed by atoms with Crippen LogP contribution in [-0.4, -0.2) is 36.4 Å². The van der Waals surface area contributed by atoms with Crippen LogP contribution in [0.5, 0.6) is 0 Å². The minimum absolute atomic E-state index is 0.594. The molecule has 3 aromatic heterocycles. The maximum atomic E-state index is 5.48. The summed E-state index contributed by atoms with van der Waals surface area (Å²) in [5.41, 5.74) is 7.94. The Labute approximate surface area is 113 Å². The second-order valence-corrected chi connectivity index (χ2v) is 4.75. The lowest BCUT2D eigenvalue weighted by Gasteiger charge is -2.01. The minimum atomic E-state index is 0.594. The summed E-state index contributed by atoms with van der Waals surface area (Å²) in [5.74, 6) is 0. The van der Waals surface area contributed by atoms with Crippen molar-refractivity contribution in [3.05, 3.63) is 30.6 Å². The SMILES string of the molecule is NCCc1cnc(Sc2ncnc3nc[nH]c23)nc1. The number of hydrogen-bond acceptors (Lipinski definition) is 7. The normalized spacial score (nSPS) is 11.0. The summed E-state index contributed by atoms with van der Waals surface area (Å²) < 4.78 is 0. The molecule has 8 heteroatoms. The van der Waals surface area contributed by atoms with E-state index in [0.29, 0.717) is 17.3 Å². The highest BCUT2D eigenvalue weighted by atomic mass is 32.2. The monoisotopic (exact) mass is 273 g/mol. The van der Waals surface area contributed by atoms with Crippen molar-refractivity contribution in [3.63, 3.8) is 0 Å². The second-order valence-electron chi connectivity index (χ2n) is 3.79. The maximum absolute atomic E-state index is 5.48. The van der Waals surface area contributed by atoms with Gasteiger partial charge >= 0.3 is 0 Å². The average molecular weight is 273 g/mol. The van der Waals surface area contributed by atoms with Gasteiger partial charge in [-0.05, 0) is 30.3 Å². The van der Waals surface area contributed by atoms with Crippen LogP contribution in [0.1, 0.15) is 5.56 Å². The van der Waals surface area contributed by atoms with E-state index in [-0.39, 0.29) is 0 Å². The van der Waals surface area contributed by atoms with Crippen LogP contribution >= 0.6 is 11.8 Å². The maximum Gasteiger partial charge on any atom is 0.193 e. The highest BCUT2D eigenvalue weighted by molar-refractivity contribution is 7.99. The Hall–Kier alpha value is -2.06. The molecule has 19 heavy (non-hydrogen) atoms. The highest BCUT2D eigenvalue weighted by Crippen LogP contribution is 2.26. The largest absolute Gasteiger partial charge is 0.341 e. The predicted octanol–water partition coefficient (Wildman–Crippen LogP) is 0.795. The lowest BCUT2D eigenvalue weighted by Crippen LogP contribution is -2.03. The van der Waals surface area contributed by atoms with E-state index in [1.165, 1.54) is 18.1 Å². The summed E-state index contributed by atoms with van der Waals surface area (Å²) in [7, 11) is 0. The molecule has 3 N–H and O–H groups in total. The number of hydrogen-bond donors (Lipinski definition) is 2.